The molecule has 0 amide bonds. The van der Waals surface area contributed by atoms with Crippen LogP contribution in [-0.2, 0) is 0 Å². The highest BCUT2D eigenvalue weighted by molar-refractivity contribution is 5.97. The van der Waals surface area contributed by atoms with Crippen LogP contribution in [0, 0.1) is 5.82 Å². The molecule has 0 bridgehead atoms. The summed E-state index contributed by atoms with van der Waals surface area (Å²) >= 11 is 0. The first kappa shape index (κ1) is 11.0. The topological polar surface area (TPSA) is 61.8 Å². The van der Waals surface area contributed by atoms with E-state index in [1.807, 2.05) is 12.3 Å². The number of fused-ring (bicyclic) bond motifs is 2. The van der Waals surface area contributed by atoms with Gasteiger partial charge in [0.05, 0.1) is 5.52 Å². The average Bonchev–Trinajstić information content (AvgIpc) is 2.99. The van der Waals surface area contributed by atoms with Gasteiger partial charge < -0.3 is 9.40 Å². The zero-order chi connectivity index (χ0) is 13.7. The maximum Gasteiger partial charge on any atom is 0.417 e. The third-order valence-electron chi connectivity index (χ3n) is 3.38. The van der Waals surface area contributed by atoms with Crippen molar-refractivity contribution in [3.63, 3.8) is 0 Å². The first-order valence-corrected chi connectivity index (χ1v) is 6.10. The van der Waals surface area contributed by atoms with Gasteiger partial charge in [-0.2, -0.15) is 0 Å². The summed E-state index contributed by atoms with van der Waals surface area (Å²) in [6, 6.07) is 9.99. The number of rotatable bonds is 1. The van der Waals surface area contributed by atoms with Crippen LogP contribution in [0.2, 0.25) is 0 Å². The molecule has 2 N–H and O–H groups in total. The number of benzene rings is 2. The number of aromatic amines is 2. The van der Waals surface area contributed by atoms with Gasteiger partial charge in [0.15, 0.2) is 5.58 Å². The number of aromatic nitrogens is 2. The van der Waals surface area contributed by atoms with E-state index in [2.05, 4.69) is 9.97 Å². The molecule has 0 saturated heterocycles. The fraction of sp³-hybridized carbons (Fsp3) is 0. The van der Waals surface area contributed by atoms with E-state index in [-0.39, 0.29) is 5.82 Å². The van der Waals surface area contributed by atoms with Crippen molar-refractivity contribution in [2.75, 3.05) is 0 Å². The molecular formula is C15H9FN2O2. The van der Waals surface area contributed by atoms with Gasteiger partial charge in [-0.25, -0.2) is 9.18 Å². The molecule has 0 aliphatic rings. The van der Waals surface area contributed by atoms with Crippen LogP contribution in [0.1, 0.15) is 0 Å². The summed E-state index contributed by atoms with van der Waals surface area (Å²) in [7, 11) is 0. The van der Waals surface area contributed by atoms with Crippen LogP contribution in [-0.4, -0.2) is 9.97 Å². The maximum absolute atomic E-state index is 13.4. The van der Waals surface area contributed by atoms with E-state index in [4.69, 9.17) is 4.42 Å². The van der Waals surface area contributed by atoms with Gasteiger partial charge >= 0.3 is 5.76 Å². The standard InChI is InChI=1S/C15H9FN2O2/c16-9-2-4-12-10(6-9)11(7-17-12)8-1-3-13-14(5-8)20-15(19)18-13/h1-7,17H,(H,18,19). The third-order valence-corrected chi connectivity index (χ3v) is 3.38. The van der Waals surface area contributed by atoms with Crippen molar-refractivity contribution >= 4 is 22.0 Å². The van der Waals surface area contributed by atoms with Crippen LogP contribution in [0.5, 0.6) is 0 Å². The number of oxazole rings is 1. The number of hydrogen-bond acceptors (Lipinski definition) is 2. The van der Waals surface area contributed by atoms with Crippen LogP contribution >= 0.6 is 0 Å². The van der Waals surface area contributed by atoms with E-state index in [1.165, 1.54) is 12.1 Å². The van der Waals surface area contributed by atoms with Crippen molar-refractivity contribution in [2.45, 2.75) is 0 Å². The van der Waals surface area contributed by atoms with Crippen LogP contribution < -0.4 is 5.76 Å². The van der Waals surface area contributed by atoms with Crippen molar-refractivity contribution < 1.29 is 8.81 Å². The molecule has 5 heteroatoms. The van der Waals surface area contributed by atoms with E-state index in [1.54, 1.807) is 18.2 Å². The van der Waals surface area contributed by atoms with Crippen molar-refractivity contribution in [1.29, 1.82) is 0 Å². The highest BCUT2D eigenvalue weighted by atomic mass is 19.1. The molecule has 0 fully saturated rings. The second-order valence-electron chi connectivity index (χ2n) is 4.62. The summed E-state index contributed by atoms with van der Waals surface area (Å²) in [5.41, 5.74) is 3.71. The Morgan fingerprint density at radius 2 is 1.90 bits per heavy atom. The van der Waals surface area contributed by atoms with Gasteiger partial charge in [0, 0.05) is 22.7 Å². The summed E-state index contributed by atoms with van der Waals surface area (Å²) in [5.74, 6) is -0.769. The monoisotopic (exact) mass is 268 g/mol. The minimum atomic E-state index is -0.484. The molecule has 0 saturated carbocycles. The summed E-state index contributed by atoms with van der Waals surface area (Å²) in [5, 5.41) is 0.794. The van der Waals surface area contributed by atoms with Crippen molar-refractivity contribution in [3.05, 3.63) is 59.0 Å². The molecule has 20 heavy (non-hydrogen) atoms. The Morgan fingerprint density at radius 1 is 1.05 bits per heavy atom. The molecule has 4 nitrogen and oxygen atoms in total. The molecule has 0 aliphatic carbocycles. The fourth-order valence-electron chi connectivity index (χ4n) is 2.44. The van der Waals surface area contributed by atoms with Gasteiger partial charge in [-0.15, -0.1) is 0 Å². The molecule has 2 aromatic heterocycles. The molecule has 4 aromatic rings. The average molecular weight is 268 g/mol. The molecule has 0 spiro atoms. The highest BCUT2D eigenvalue weighted by Crippen LogP contribution is 2.30. The van der Waals surface area contributed by atoms with E-state index < -0.39 is 5.76 Å². The van der Waals surface area contributed by atoms with Gasteiger partial charge in [0.2, 0.25) is 0 Å². The smallest absolute Gasteiger partial charge is 0.408 e. The molecule has 0 atom stereocenters. The maximum atomic E-state index is 13.4. The Bertz CT molecular complexity index is 994. The number of halogens is 1. The van der Waals surface area contributed by atoms with Gasteiger partial charge in [0.25, 0.3) is 0 Å². The molecule has 2 aromatic carbocycles. The van der Waals surface area contributed by atoms with Gasteiger partial charge in [-0.3, -0.25) is 4.98 Å². The molecule has 2 heterocycles. The normalized spacial score (nSPS) is 11.4. The molecule has 0 unspecified atom stereocenters. The molecule has 0 radical (unpaired) electrons. The molecule has 4 rings (SSSR count). The summed E-state index contributed by atoms with van der Waals surface area (Å²) in [6.07, 6.45) is 1.82. The molecular weight excluding hydrogens is 259 g/mol. The fourth-order valence-corrected chi connectivity index (χ4v) is 2.44. The number of H-pyrrole nitrogens is 2. The Labute approximate surface area is 111 Å². The lowest BCUT2D eigenvalue weighted by molar-refractivity contribution is 0.555. The number of hydrogen-bond donors (Lipinski definition) is 2. The van der Waals surface area contributed by atoms with Crippen LogP contribution in [0.25, 0.3) is 33.1 Å². The highest BCUT2D eigenvalue weighted by Gasteiger charge is 2.09. The SMILES string of the molecule is O=c1[nH]c2ccc(-c3c[nH]c4ccc(F)cc34)cc2o1. The van der Waals surface area contributed by atoms with Gasteiger partial charge in [-0.1, -0.05) is 6.07 Å². The molecule has 98 valence electrons. The Hall–Kier alpha value is -2.82. The van der Waals surface area contributed by atoms with Crippen molar-refractivity contribution in [2.24, 2.45) is 0 Å². The van der Waals surface area contributed by atoms with Crippen LogP contribution in [0.4, 0.5) is 4.39 Å². The minimum Gasteiger partial charge on any atom is -0.408 e. The second kappa shape index (κ2) is 3.84. The van der Waals surface area contributed by atoms with E-state index in [0.717, 1.165) is 22.0 Å². The predicted octanol–water partition coefficient (Wildman–Crippen LogP) is 3.41. The number of nitrogens with one attached hydrogen (secondary N) is 2. The summed E-state index contributed by atoms with van der Waals surface area (Å²) in [6.45, 7) is 0. The first-order valence-electron chi connectivity index (χ1n) is 6.10. The predicted molar refractivity (Wildman–Crippen MR) is 74.1 cm³/mol. The van der Waals surface area contributed by atoms with E-state index in [0.29, 0.717) is 11.1 Å². The second-order valence-corrected chi connectivity index (χ2v) is 4.62. The van der Waals surface area contributed by atoms with E-state index >= 15 is 0 Å². The zero-order valence-electron chi connectivity index (χ0n) is 10.2. The van der Waals surface area contributed by atoms with Gasteiger partial charge in [-0.05, 0) is 35.9 Å². The summed E-state index contributed by atoms with van der Waals surface area (Å²) in [4.78, 5) is 16.9. The van der Waals surface area contributed by atoms with Gasteiger partial charge in [0.1, 0.15) is 5.82 Å². The Balaban J connectivity index is 2.00. The quantitative estimate of drug-likeness (QED) is 0.555. The molecule has 0 aliphatic heterocycles. The lowest BCUT2D eigenvalue weighted by atomic mass is 10.0. The first-order chi connectivity index (χ1) is 9.70. The minimum absolute atomic E-state index is 0.285. The summed E-state index contributed by atoms with van der Waals surface area (Å²) < 4.78 is 18.4. The lowest BCUT2D eigenvalue weighted by Crippen LogP contribution is -1.92. The van der Waals surface area contributed by atoms with E-state index in [9.17, 15) is 9.18 Å². The Kier molecular flexibility index (Phi) is 2.12. The largest absolute Gasteiger partial charge is 0.417 e. The zero-order valence-corrected chi connectivity index (χ0v) is 10.2. The van der Waals surface area contributed by atoms with Crippen LogP contribution in [0.15, 0.2) is 51.8 Å². The Morgan fingerprint density at radius 3 is 2.80 bits per heavy atom. The third kappa shape index (κ3) is 1.56. The van der Waals surface area contributed by atoms with Crippen LogP contribution in [0.3, 0.4) is 0 Å². The van der Waals surface area contributed by atoms with Crippen molar-refractivity contribution in [1.82, 2.24) is 9.97 Å². The lowest BCUT2D eigenvalue weighted by Gasteiger charge is -1.99. The van der Waals surface area contributed by atoms with Crippen molar-refractivity contribution in [3.8, 4) is 11.1 Å².